The third kappa shape index (κ3) is 4.39. The molecule has 0 saturated heterocycles. The Kier molecular flexibility index (Phi) is 5.38. The molecule has 0 aromatic carbocycles. The molecule has 0 aliphatic rings. The highest BCUT2D eigenvalue weighted by Crippen LogP contribution is 2.18. The van der Waals surface area contributed by atoms with Gasteiger partial charge in [-0.15, -0.1) is 11.3 Å². The Labute approximate surface area is 151 Å². The number of aryl methyl sites for hydroxylation is 1. The summed E-state index contributed by atoms with van der Waals surface area (Å²) in [4.78, 5) is 16.1. The van der Waals surface area contributed by atoms with Gasteiger partial charge in [0.25, 0.3) is 5.91 Å². The SMILES string of the molecule is CC(C)Cc1cc(C(=O)N(Cc2ccco2)Cc2cccs2)n(C)n1. The maximum atomic E-state index is 13.1. The molecule has 0 radical (unpaired) electrons. The fourth-order valence-electron chi connectivity index (χ4n) is 2.79. The van der Waals surface area contributed by atoms with Crippen molar-refractivity contribution >= 4 is 17.2 Å². The van der Waals surface area contributed by atoms with Crippen LogP contribution in [0.5, 0.6) is 0 Å². The number of furan rings is 1. The molecular formula is C19H23N3O2S. The topological polar surface area (TPSA) is 51.3 Å². The molecule has 3 heterocycles. The van der Waals surface area contributed by atoms with E-state index in [0.29, 0.717) is 24.7 Å². The number of amides is 1. The van der Waals surface area contributed by atoms with E-state index in [2.05, 4.69) is 18.9 Å². The van der Waals surface area contributed by atoms with Crippen LogP contribution in [0, 0.1) is 5.92 Å². The number of carbonyl (C=O) groups is 1. The van der Waals surface area contributed by atoms with Crippen LogP contribution in [-0.2, 0) is 26.6 Å². The van der Waals surface area contributed by atoms with Crippen molar-refractivity contribution < 1.29 is 9.21 Å². The van der Waals surface area contributed by atoms with Crippen molar-refractivity contribution in [3.05, 3.63) is 64.0 Å². The number of rotatable bonds is 7. The molecule has 0 aliphatic carbocycles. The fraction of sp³-hybridized carbons (Fsp3) is 0.368. The predicted octanol–water partition coefficient (Wildman–Crippen LogP) is 4.12. The summed E-state index contributed by atoms with van der Waals surface area (Å²) in [6.07, 6.45) is 2.50. The van der Waals surface area contributed by atoms with Gasteiger partial charge in [-0.2, -0.15) is 5.10 Å². The van der Waals surface area contributed by atoms with Gasteiger partial charge in [0.1, 0.15) is 11.5 Å². The molecule has 0 unspecified atom stereocenters. The quantitative estimate of drug-likeness (QED) is 0.639. The normalized spacial score (nSPS) is 11.2. The molecule has 132 valence electrons. The summed E-state index contributed by atoms with van der Waals surface area (Å²) in [6, 6.07) is 9.68. The molecule has 25 heavy (non-hydrogen) atoms. The molecule has 0 saturated carbocycles. The lowest BCUT2D eigenvalue weighted by molar-refractivity contribution is 0.0708. The van der Waals surface area contributed by atoms with Gasteiger partial charge in [0.05, 0.1) is 25.0 Å². The molecule has 5 nitrogen and oxygen atoms in total. The summed E-state index contributed by atoms with van der Waals surface area (Å²) >= 11 is 1.65. The Bertz CT molecular complexity index is 768. The maximum absolute atomic E-state index is 13.1. The first-order chi connectivity index (χ1) is 12.0. The van der Waals surface area contributed by atoms with Crippen molar-refractivity contribution in [3.8, 4) is 0 Å². The molecule has 6 heteroatoms. The molecule has 3 aromatic heterocycles. The largest absolute Gasteiger partial charge is 0.467 e. The standard InChI is InChI=1S/C19H23N3O2S/c1-14(2)10-15-11-18(21(3)20-15)19(23)22(12-16-6-4-8-24-16)13-17-7-5-9-25-17/h4-9,11,14H,10,12-13H2,1-3H3. The van der Waals surface area contributed by atoms with Crippen molar-refractivity contribution in [3.63, 3.8) is 0 Å². The Morgan fingerprint density at radius 3 is 2.80 bits per heavy atom. The molecule has 3 rings (SSSR count). The van der Waals surface area contributed by atoms with Crippen LogP contribution < -0.4 is 0 Å². The number of thiophene rings is 1. The Morgan fingerprint density at radius 2 is 2.16 bits per heavy atom. The van der Waals surface area contributed by atoms with Gasteiger partial charge < -0.3 is 9.32 Å². The average Bonchev–Trinajstić information content (AvgIpc) is 3.28. The van der Waals surface area contributed by atoms with Crippen LogP contribution in [0.1, 0.15) is 40.7 Å². The van der Waals surface area contributed by atoms with Gasteiger partial charge in [0.2, 0.25) is 0 Å². The van der Waals surface area contributed by atoms with Gasteiger partial charge in [-0.1, -0.05) is 19.9 Å². The van der Waals surface area contributed by atoms with Crippen LogP contribution in [0.4, 0.5) is 0 Å². The van der Waals surface area contributed by atoms with Gasteiger partial charge in [-0.05, 0) is 42.0 Å². The zero-order valence-corrected chi connectivity index (χ0v) is 15.6. The van der Waals surface area contributed by atoms with Gasteiger partial charge in [-0.3, -0.25) is 9.48 Å². The van der Waals surface area contributed by atoms with Gasteiger partial charge in [0, 0.05) is 11.9 Å². The predicted molar refractivity (Wildman–Crippen MR) is 98.4 cm³/mol. The molecule has 0 aliphatic heterocycles. The highest BCUT2D eigenvalue weighted by molar-refractivity contribution is 7.09. The van der Waals surface area contributed by atoms with Crippen molar-refractivity contribution in [2.24, 2.45) is 13.0 Å². The van der Waals surface area contributed by atoms with E-state index in [9.17, 15) is 4.79 Å². The van der Waals surface area contributed by atoms with Crippen LogP contribution in [-0.4, -0.2) is 20.6 Å². The van der Waals surface area contributed by atoms with E-state index >= 15 is 0 Å². The van der Waals surface area contributed by atoms with Crippen LogP contribution in [0.15, 0.2) is 46.4 Å². The molecule has 0 bridgehead atoms. The molecule has 0 fully saturated rings. The first-order valence-electron chi connectivity index (χ1n) is 8.40. The minimum absolute atomic E-state index is 0.0326. The number of aromatic nitrogens is 2. The van der Waals surface area contributed by atoms with Crippen LogP contribution in [0.3, 0.4) is 0 Å². The maximum Gasteiger partial charge on any atom is 0.272 e. The third-order valence-electron chi connectivity index (χ3n) is 3.91. The van der Waals surface area contributed by atoms with E-state index in [-0.39, 0.29) is 5.91 Å². The molecule has 0 atom stereocenters. The fourth-order valence-corrected chi connectivity index (χ4v) is 3.51. The summed E-state index contributed by atoms with van der Waals surface area (Å²) in [6.45, 7) is 5.29. The Balaban J connectivity index is 1.84. The second-order valence-corrected chi connectivity index (χ2v) is 7.59. The number of hydrogen-bond acceptors (Lipinski definition) is 4. The summed E-state index contributed by atoms with van der Waals surface area (Å²) in [5.41, 5.74) is 1.56. The van der Waals surface area contributed by atoms with Crippen LogP contribution in [0.2, 0.25) is 0 Å². The second kappa shape index (κ2) is 7.70. The minimum atomic E-state index is -0.0326. The highest BCUT2D eigenvalue weighted by atomic mass is 32.1. The van der Waals surface area contributed by atoms with E-state index in [1.807, 2.05) is 42.8 Å². The van der Waals surface area contributed by atoms with Gasteiger partial charge in [0.15, 0.2) is 0 Å². The lowest BCUT2D eigenvalue weighted by Gasteiger charge is -2.21. The van der Waals surface area contributed by atoms with Gasteiger partial charge in [-0.25, -0.2) is 0 Å². The van der Waals surface area contributed by atoms with Crippen molar-refractivity contribution in [1.82, 2.24) is 14.7 Å². The number of hydrogen-bond donors (Lipinski definition) is 0. The van der Waals surface area contributed by atoms with Crippen molar-refractivity contribution in [1.29, 1.82) is 0 Å². The second-order valence-electron chi connectivity index (χ2n) is 6.56. The number of carbonyl (C=O) groups excluding carboxylic acids is 1. The van der Waals surface area contributed by atoms with E-state index in [4.69, 9.17) is 4.42 Å². The van der Waals surface area contributed by atoms with Crippen molar-refractivity contribution in [2.45, 2.75) is 33.4 Å². The van der Waals surface area contributed by atoms with Crippen LogP contribution >= 0.6 is 11.3 Å². The third-order valence-corrected chi connectivity index (χ3v) is 4.77. The molecule has 0 spiro atoms. The Hall–Kier alpha value is -2.34. The first kappa shape index (κ1) is 17.5. The number of nitrogens with zero attached hydrogens (tertiary/aromatic N) is 3. The zero-order chi connectivity index (χ0) is 17.8. The monoisotopic (exact) mass is 357 g/mol. The minimum Gasteiger partial charge on any atom is -0.467 e. The molecule has 0 N–H and O–H groups in total. The molecular weight excluding hydrogens is 334 g/mol. The highest BCUT2D eigenvalue weighted by Gasteiger charge is 2.22. The van der Waals surface area contributed by atoms with Gasteiger partial charge >= 0.3 is 0 Å². The summed E-state index contributed by atoms with van der Waals surface area (Å²) < 4.78 is 7.13. The van der Waals surface area contributed by atoms with E-state index in [1.54, 1.807) is 27.2 Å². The average molecular weight is 357 g/mol. The lowest BCUT2D eigenvalue weighted by Crippen LogP contribution is -2.31. The zero-order valence-electron chi connectivity index (χ0n) is 14.8. The van der Waals surface area contributed by atoms with Crippen molar-refractivity contribution in [2.75, 3.05) is 0 Å². The summed E-state index contributed by atoms with van der Waals surface area (Å²) in [7, 11) is 1.83. The molecule has 3 aromatic rings. The van der Waals surface area contributed by atoms with E-state index < -0.39 is 0 Å². The van der Waals surface area contributed by atoms with E-state index in [1.165, 1.54) is 0 Å². The first-order valence-corrected chi connectivity index (χ1v) is 9.28. The lowest BCUT2D eigenvalue weighted by atomic mass is 10.1. The summed E-state index contributed by atoms with van der Waals surface area (Å²) in [5.74, 6) is 1.24. The Morgan fingerprint density at radius 1 is 1.32 bits per heavy atom. The summed E-state index contributed by atoms with van der Waals surface area (Å²) in [5, 5.41) is 6.52. The van der Waals surface area contributed by atoms with Crippen LogP contribution in [0.25, 0.3) is 0 Å². The van der Waals surface area contributed by atoms with E-state index in [0.717, 1.165) is 22.8 Å². The molecule has 1 amide bonds. The smallest absolute Gasteiger partial charge is 0.272 e.